The number of nitrogens with zero attached hydrogens (tertiary/aromatic N) is 4. The van der Waals surface area contributed by atoms with Crippen molar-refractivity contribution in [3.05, 3.63) is 5.89 Å². The van der Waals surface area contributed by atoms with Gasteiger partial charge >= 0.3 is 0 Å². The van der Waals surface area contributed by atoms with Crippen LogP contribution in [0.3, 0.4) is 0 Å². The lowest BCUT2D eigenvalue weighted by atomic mass is 10.2. The molecule has 0 spiro atoms. The highest BCUT2D eigenvalue weighted by Gasteiger charge is 2.23. The molecule has 96 valence electrons. The van der Waals surface area contributed by atoms with Gasteiger partial charge in [0.2, 0.25) is 5.89 Å². The molecule has 1 unspecified atom stereocenters. The molecule has 0 radical (unpaired) electrons. The van der Waals surface area contributed by atoms with Crippen LogP contribution in [0.5, 0.6) is 0 Å². The molecule has 1 saturated heterocycles. The van der Waals surface area contributed by atoms with E-state index >= 15 is 0 Å². The normalized spacial score (nSPS) is 19.2. The van der Waals surface area contributed by atoms with E-state index in [0.717, 1.165) is 32.7 Å². The van der Waals surface area contributed by atoms with Crippen molar-refractivity contribution in [1.82, 2.24) is 20.4 Å². The first-order chi connectivity index (χ1) is 8.22. The maximum Gasteiger partial charge on any atom is 0.265 e. The van der Waals surface area contributed by atoms with Crippen molar-refractivity contribution in [3.63, 3.8) is 0 Å². The molecule has 2 rings (SSSR count). The van der Waals surface area contributed by atoms with Gasteiger partial charge in [0.1, 0.15) is 0 Å². The highest BCUT2D eigenvalue weighted by molar-refractivity contribution is 5.25. The number of hydrogen-bond acceptors (Lipinski definition) is 6. The minimum Gasteiger partial charge on any atom is -0.342 e. The van der Waals surface area contributed by atoms with Crippen molar-refractivity contribution in [2.45, 2.75) is 19.9 Å². The van der Waals surface area contributed by atoms with Gasteiger partial charge < -0.3 is 14.7 Å². The quantitative estimate of drug-likeness (QED) is 0.825. The molecule has 6 nitrogen and oxygen atoms in total. The van der Waals surface area contributed by atoms with Crippen molar-refractivity contribution < 1.29 is 4.52 Å². The van der Waals surface area contributed by atoms with E-state index in [0.29, 0.717) is 11.8 Å². The fourth-order valence-electron chi connectivity index (χ4n) is 1.92. The Balaban J connectivity index is 2.03. The molecular formula is C11H21N5O. The van der Waals surface area contributed by atoms with Gasteiger partial charge in [-0.3, -0.25) is 4.90 Å². The lowest BCUT2D eigenvalue weighted by Crippen LogP contribution is -2.44. The fourth-order valence-corrected chi connectivity index (χ4v) is 1.92. The first-order valence-electron chi connectivity index (χ1n) is 6.22. The second-order valence-electron chi connectivity index (χ2n) is 4.41. The Morgan fingerprint density at radius 3 is 2.82 bits per heavy atom. The van der Waals surface area contributed by atoms with Crippen molar-refractivity contribution in [1.29, 1.82) is 0 Å². The van der Waals surface area contributed by atoms with Gasteiger partial charge in [-0.05, 0) is 19.0 Å². The summed E-state index contributed by atoms with van der Waals surface area (Å²) >= 11 is 0. The molecule has 1 aromatic rings. The van der Waals surface area contributed by atoms with Gasteiger partial charge in [0, 0.05) is 39.8 Å². The summed E-state index contributed by atoms with van der Waals surface area (Å²) in [5.41, 5.74) is 0. The molecule has 2 heterocycles. The highest BCUT2D eigenvalue weighted by Crippen LogP contribution is 2.20. The van der Waals surface area contributed by atoms with Gasteiger partial charge in [-0.25, -0.2) is 0 Å². The molecule has 0 aromatic carbocycles. The monoisotopic (exact) mass is 239 g/mol. The Morgan fingerprint density at radius 2 is 2.18 bits per heavy atom. The number of anilines is 1. The van der Waals surface area contributed by atoms with E-state index in [2.05, 4.69) is 34.2 Å². The third kappa shape index (κ3) is 2.76. The summed E-state index contributed by atoms with van der Waals surface area (Å²) in [5.74, 6) is 1.38. The van der Waals surface area contributed by atoms with Crippen LogP contribution in [0.2, 0.25) is 0 Å². The Hall–Kier alpha value is -1.14. The zero-order chi connectivity index (χ0) is 12.3. The molecule has 0 bridgehead atoms. The summed E-state index contributed by atoms with van der Waals surface area (Å²) in [6.45, 7) is 9.18. The molecule has 0 amide bonds. The van der Waals surface area contributed by atoms with Crippen LogP contribution in [0, 0.1) is 0 Å². The molecule has 0 aliphatic carbocycles. The maximum atomic E-state index is 5.34. The zero-order valence-electron chi connectivity index (χ0n) is 10.8. The summed E-state index contributed by atoms with van der Waals surface area (Å²) in [7, 11) is 1.96. The van der Waals surface area contributed by atoms with Crippen molar-refractivity contribution in [3.8, 4) is 0 Å². The summed E-state index contributed by atoms with van der Waals surface area (Å²) in [5, 5.41) is 7.34. The molecule has 17 heavy (non-hydrogen) atoms. The van der Waals surface area contributed by atoms with Crippen LogP contribution in [0.1, 0.15) is 25.8 Å². The van der Waals surface area contributed by atoms with Crippen LogP contribution in [-0.2, 0) is 0 Å². The molecule has 1 fully saturated rings. The number of aromatic nitrogens is 2. The maximum absolute atomic E-state index is 5.34. The molecule has 1 aliphatic heterocycles. The van der Waals surface area contributed by atoms with Gasteiger partial charge in [-0.2, -0.15) is 4.98 Å². The van der Waals surface area contributed by atoms with Crippen LogP contribution in [0.25, 0.3) is 0 Å². The van der Waals surface area contributed by atoms with Crippen LogP contribution in [0.15, 0.2) is 4.52 Å². The van der Waals surface area contributed by atoms with Gasteiger partial charge in [-0.15, -0.1) is 0 Å². The average Bonchev–Trinajstić information content (AvgIpc) is 2.87. The van der Waals surface area contributed by atoms with Crippen LogP contribution in [0.4, 0.5) is 5.95 Å². The van der Waals surface area contributed by atoms with Gasteiger partial charge in [0.25, 0.3) is 5.95 Å². The standard InChI is InChI=1S/C11H21N5O/c1-4-15(3)11-13-10(17-14-11)9(2)16-7-5-12-6-8-16/h9,12H,4-8H2,1-3H3. The third-order valence-electron chi connectivity index (χ3n) is 3.30. The van der Waals surface area contributed by atoms with E-state index in [9.17, 15) is 0 Å². The SMILES string of the molecule is CCN(C)c1noc(C(C)N2CCNCC2)n1. The lowest BCUT2D eigenvalue weighted by Gasteiger charge is -2.30. The number of piperazine rings is 1. The van der Waals surface area contributed by atoms with Crippen molar-refractivity contribution in [2.24, 2.45) is 0 Å². The molecule has 1 atom stereocenters. The van der Waals surface area contributed by atoms with Gasteiger partial charge in [0.05, 0.1) is 6.04 Å². The Labute approximate surface area is 102 Å². The van der Waals surface area contributed by atoms with E-state index in [1.54, 1.807) is 0 Å². The summed E-state index contributed by atoms with van der Waals surface area (Å²) < 4.78 is 5.34. The largest absolute Gasteiger partial charge is 0.342 e. The second kappa shape index (κ2) is 5.46. The molecule has 1 aromatic heterocycles. The zero-order valence-corrected chi connectivity index (χ0v) is 10.8. The first kappa shape index (κ1) is 12.3. The van der Waals surface area contributed by atoms with E-state index in [1.807, 2.05) is 11.9 Å². The molecular weight excluding hydrogens is 218 g/mol. The Kier molecular flexibility index (Phi) is 3.96. The smallest absolute Gasteiger partial charge is 0.265 e. The predicted octanol–water partition coefficient (Wildman–Crippen LogP) is 0.492. The Morgan fingerprint density at radius 1 is 1.47 bits per heavy atom. The van der Waals surface area contributed by atoms with Gasteiger partial charge in [0.15, 0.2) is 0 Å². The van der Waals surface area contributed by atoms with Crippen LogP contribution >= 0.6 is 0 Å². The molecule has 0 saturated carbocycles. The second-order valence-corrected chi connectivity index (χ2v) is 4.41. The lowest BCUT2D eigenvalue weighted by molar-refractivity contribution is 0.154. The van der Waals surface area contributed by atoms with Gasteiger partial charge in [-0.1, -0.05) is 0 Å². The van der Waals surface area contributed by atoms with E-state index in [-0.39, 0.29) is 6.04 Å². The third-order valence-corrected chi connectivity index (χ3v) is 3.30. The molecule has 6 heteroatoms. The Bertz CT molecular complexity index is 347. The number of nitrogens with one attached hydrogen (secondary N) is 1. The topological polar surface area (TPSA) is 57.4 Å². The van der Waals surface area contributed by atoms with E-state index in [1.165, 1.54) is 0 Å². The molecule has 1 aliphatic rings. The summed E-state index contributed by atoms with van der Waals surface area (Å²) in [6.07, 6.45) is 0. The van der Waals surface area contributed by atoms with E-state index in [4.69, 9.17) is 4.52 Å². The van der Waals surface area contributed by atoms with Crippen molar-refractivity contribution >= 4 is 5.95 Å². The number of hydrogen-bond donors (Lipinski definition) is 1. The molecule has 1 N–H and O–H groups in total. The van der Waals surface area contributed by atoms with Crippen LogP contribution < -0.4 is 10.2 Å². The minimum atomic E-state index is 0.198. The summed E-state index contributed by atoms with van der Waals surface area (Å²) in [4.78, 5) is 8.77. The fraction of sp³-hybridized carbons (Fsp3) is 0.818. The van der Waals surface area contributed by atoms with E-state index < -0.39 is 0 Å². The highest BCUT2D eigenvalue weighted by atomic mass is 16.5. The van der Waals surface area contributed by atoms with Crippen molar-refractivity contribution in [2.75, 3.05) is 44.7 Å². The average molecular weight is 239 g/mol. The number of rotatable bonds is 4. The first-order valence-corrected chi connectivity index (χ1v) is 6.22. The summed E-state index contributed by atoms with van der Waals surface area (Å²) in [6, 6.07) is 0.198. The van der Waals surface area contributed by atoms with Crippen LogP contribution in [-0.4, -0.2) is 54.8 Å². The predicted molar refractivity (Wildman–Crippen MR) is 66.1 cm³/mol. The minimum absolute atomic E-state index is 0.198.